The van der Waals surface area contributed by atoms with Crippen LogP contribution in [0.2, 0.25) is 5.15 Å². The van der Waals surface area contributed by atoms with Crippen LogP contribution in [0.3, 0.4) is 0 Å². The maximum absolute atomic E-state index is 10.8. The number of hydrogen-bond acceptors (Lipinski definition) is 2. The van der Waals surface area contributed by atoms with Crippen LogP contribution < -0.4 is 0 Å². The number of halogens is 2. The van der Waals surface area contributed by atoms with Crippen LogP contribution >= 0.6 is 27.5 Å². The highest BCUT2D eigenvalue weighted by molar-refractivity contribution is 9.10. The summed E-state index contributed by atoms with van der Waals surface area (Å²) in [5, 5.41) is 0.228. The summed E-state index contributed by atoms with van der Waals surface area (Å²) < 4.78 is 2.50. The molecular formula is C9H6BrClN2O. The standard InChI is InChI=1S/C9H6BrClN2O/c1-5-2-6(10)9-12-8(11)7(4-14)13(9)3-5/h2-4H,1H3. The fourth-order valence-corrected chi connectivity index (χ4v) is 2.18. The van der Waals surface area contributed by atoms with Gasteiger partial charge in [-0.15, -0.1) is 0 Å². The van der Waals surface area contributed by atoms with E-state index in [1.807, 2.05) is 19.2 Å². The quantitative estimate of drug-likeness (QED) is 0.749. The lowest BCUT2D eigenvalue weighted by Crippen LogP contribution is -1.92. The summed E-state index contributed by atoms with van der Waals surface area (Å²) in [6.45, 7) is 1.94. The van der Waals surface area contributed by atoms with Crippen LogP contribution in [0.5, 0.6) is 0 Å². The first-order valence-corrected chi connectivity index (χ1v) is 5.09. The third-order valence-corrected chi connectivity index (χ3v) is 2.78. The Morgan fingerprint density at radius 3 is 3.00 bits per heavy atom. The molecule has 0 spiro atoms. The van der Waals surface area contributed by atoms with Crippen molar-refractivity contribution in [1.29, 1.82) is 0 Å². The van der Waals surface area contributed by atoms with E-state index in [4.69, 9.17) is 11.6 Å². The van der Waals surface area contributed by atoms with Gasteiger partial charge in [0.1, 0.15) is 5.69 Å². The number of hydrogen-bond donors (Lipinski definition) is 0. The molecule has 0 saturated heterocycles. The van der Waals surface area contributed by atoms with Crippen LogP contribution in [0, 0.1) is 6.92 Å². The molecule has 0 aliphatic carbocycles. The van der Waals surface area contributed by atoms with Gasteiger partial charge in [-0.25, -0.2) is 4.98 Å². The summed E-state index contributed by atoms with van der Waals surface area (Å²) in [5.74, 6) is 0. The largest absolute Gasteiger partial charge is 0.296 e. The first-order chi connectivity index (χ1) is 6.63. The predicted octanol–water partition coefficient (Wildman–Crippen LogP) is 2.87. The summed E-state index contributed by atoms with van der Waals surface area (Å²) >= 11 is 9.17. The second-order valence-corrected chi connectivity index (χ2v) is 4.18. The van der Waals surface area contributed by atoms with E-state index in [-0.39, 0.29) is 5.15 Å². The monoisotopic (exact) mass is 272 g/mol. The molecule has 2 rings (SSSR count). The highest BCUT2D eigenvalue weighted by atomic mass is 79.9. The molecule has 0 N–H and O–H groups in total. The number of carbonyl (C=O) groups excluding carboxylic acids is 1. The molecule has 2 aromatic heterocycles. The molecule has 5 heteroatoms. The molecule has 0 aromatic carbocycles. The SMILES string of the molecule is Cc1cc(Br)c2nc(Cl)c(C=O)n2c1. The Balaban J connectivity index is 2.94. The van der Waals surface area contributed by atoms with Crippen molar-refractivity contribution in [2.75, 3.05) is 0 Å². The Bertz CT molecular complexity index is 521. The number of fused-ring (bicyclic) bond motifs is 1. The van der Waals surface area contributed by atoms with Crippen molar-refractivity contribution in [3.8, 4) is 0 Å². The van der Waals surface area contributed by atoms with Crippen LogP contribution in [0.15, 0.2) is 16.7 Å². The lowest BCUT2D eigenvalue weighted by Gasteiger charge is -1.99. The van der Waals surface area contributed by atoms with Gasteiger partial charge in [-0.05, 0) is 34.5 Å². The molecule has 0 radical (unpaired) electrons. The van der Waals surface area contributed by atoms with Crippen LogP contribution in [0.25, 0.3) is 5.65 Å². The number of carbonyl (C=O) groups is 1. The fraction of sp³-hybridized carbons (Fsp3) is 0.111. The number of aromatic nitrogens is 2. The number of pyridine rings is 1. The van der Waals surface area contributed by atoms with Gasteiger partial charge in [-0.3, -0.25) is 9.20 Å². The van der Waals surface area contributed by atoms with E-state index in [0.717, 1.165) is 10.0 Å². The number of rotatable bonds is 1. The second-order valence-electron chi connectivity index (χ2n) is 2.96. The molecule has 0 unspecified atom stereocenters. The van der Waals surface area contributed by atoms with Gasteiger partial charge in [0.2, 0.25) is 0 Å². The van der Waals surface area contributed by atoms with Crippen molar-refractivity contribution in [3.63, 3.8) is 0 Å². The lowest BCUT2D eigenvalue weighted by atomic mass is 10.3. The van der Waals surface area contributed by atoms with Crippen LogP contribution in [0.1, 0.15) is 16.1 Å². The molecule has 0 aliphatic rings. The van der Waals surface area contributed by atoms with Gasteiger partial charge in [0.25, 0.3) is 0 Å². The van der Waals surface area contributed by atoms with Crippen LogP contribution in [-0.2, 0) is 0 Å². The Labute approximate surface area is 93.8 Å². The summed E-state index contributed by atoms with van der Waals surface area (Å²) in [5.41, 5.74) is 2.07. The Hall–Kier alpha value is -0.870. The van der Waals surface area contributed by atoms with Crippen molar-refractivity contribution in [1.82, 2.24) is 9.38 Å². The minimum Gasteiger partial charge on any atom is -0.296 e. The molecule has 2 aromatic rings. The van der Waals surface area contributed by atoms with E-state index in [1.165, 1.54) is 0 Å². The second kappa shape index (κ2) is 3.37. The number of nitrogens with zero attached hydrogens (tertiary/aromatic N) is 2. The molecule has 0 bridgehead atoms. The molecular weight excluding hydrogens is 267 g/mol. The number of aryl methyl sites for hydroxylation is 1. The summed E-state index contributed by atoms with van der Waals surface area (Å²) in [7, 11) is 0. The van der Waals surface area contributed by atoms with Gasteiger partial charge in [-0.2, -0.15) is 0 Å². The maximum atomic E-state index is 10.8. The normalized spacial score (nSPS) is 10.8. The molecule has 0 fully saturated rings. The zero-order valence-corrected chi connectivity index (χ0v) is 9.63. The Kier molecular flexibility index (Phi) is 2.33. The number of imidazole rings is 1. The smallest absolute Gasteiger partial charge is 0.170 e. The lowest BCUT2D eigenvalue weighted by molar-refractivity contribution is 0.111. The van der Waals surface area contributed by atoms with Crippen molar-refractivity contribution < 1.29 is 4.79 Å². The van der Waals surface area contributed by atoms with Gasteiger partial charge in [-0.1, -0.05) is 11.6 Å². The zero-order valence-electron chi connectivity index (χ0n) is 7.29. The minimum absolute atomic E-state index is 0.228. The van der Waals surface area contributed by atoms with Gasteiger partial charge in [0, 0.05) is 6.20 Å². The van der Waals surface area contributed by atoms with Crippen LogP contribution in [0.4, 0.5) is 0 Å². The molecule has 0 atom stereocenters. The molecule has 72 valence electrons. The molecule has 3 nitrogen and oxygen atoms in total. The van der Waals surface area contributed by atoms with Gasteiger partial charge in [0.05, 0.1) is 4.47 Å². The van der Waals surface area contributed by atoms with E-state index in [9.17, 15) is 4.79 Å². The third-order valence-electron chi connectivity index (χ3n) is 1.92. The van der Waals surface area contributed by atoms with Gasteiger partial charge in [0.15, 0.2) is 17.1 Å². The average Bonchev–Trinajstić information content (AvgIpc) is 2.41. The molecule has 2 heterocycles. The Morgan fingerprint density at radius 1 is 1.64 bits per heavy atom. The zero-order chi connectivity index (χ0) is 10.3. The molecule has 14 heavy (non-hydrogen) atoms. The highest BCUT2D eigenvalue weighted by Gasteiger charge is 2.11. The predicted molar refractivity (Wildman–Crippen MR) is 58.0 cm³/mol. The van der Waals surface area contributed by atoms with E-state index in [2.05, 4.69) is 20.9 Å². The maximum Gasteiger partial charge on any atom is 0.170 e. The summed E-state index contributed by atoms with van der Waals surface area (Å²) in [4.78, 5) is 14.8. The van der Waals surface area contributed by atoms with E-state index < -0.39 is 0 Å². The first-order valence-electron chi connectivity index (χ1n) is 3.92. The first kappa shape index (κ1) is 9.68. The van der Waals surface area contributed by atoms with Crippen molar-refractivity contribution in [2.24, 2.45) is 0 Å². The Morgan fingerprint density at radius 2 is 2.36 bits per heavy atom. The van der Waals surface area contributed by atoms with E-state index in [0.29, 0.717) is 17.6 Å². The van der Waals surface area contributed by atoms with Crippen molar-refractivity contribution in [2.45, 2.75) is 6.92 Å². The molecule has 0 aliphatic heterocycles. The highest BCUT2D eigenvalue weighted by Crippen LogP contribution is 2.23. The topological polar surface area (TPSA) is 34.4 Å². The third kappa shape index (κ3) is 1.35. The summed E-state index contributed by atoms with van der Waals surface area (Å²) in [6, 6.07) is 1.92. The average molecular weight is 274 g/mol. The van der Waals surface area contributed by atoms with Gasteiger partial charge >= 0.3 is 0 Å². The van der Waals surface area contributed by atoms with Crippen LogP contribution in [-0.4, -0.2) is 15.7 Å². The van der Waals surface area contributed by atoms with Crippen molar-refractivity contribution >= 4 is 39.5 Å². The van der Waals surface area contributed by atoms with Crippen molar-refractivity contribution in [3.05, 3.63) is 33.1 Å². The minimum atomic E-state index is 0.228. The molecule has 0 saturated carbocycles. The summed E-state index contributed by atoms with van der Waals surface area (Å²) in [6.07, 6.45) is 2.52. The van der Waals surface area contributed by atoms with Gasteiger partial charge < -0.3 is 0 Å². The number of aldehydes is 1. The molecule has 0 amide bonds. The van der Waals surface area contributed by atoms with E-state index >= 15 is 0 Å². The van der Waals surface area contributed by atoms with E-state index in [1.54, 1.807) is 4.40 Å². The fourth-order valence-electron chi connectivity index (χ4n) is 1.33.